The first kappa shape index (κ1) is 14.8. The van der Waals surface area contributed by atoms with Crippen molar-refractivity contribution in [3.63, 3.8) is 0 Å². The van der Waals surface area contributed by atoms with Crippen LogP contribution in [0.4, 0.5) is 0 Å². The topological polar surface area (TPSA) is 61.8 Å². The SMILES string of the molecule is Cc1ccccc1OCCN(C)C(=O)[C@@H]1C[C@H](O)CN1. The van der Waals surface area contributed by atoms with Crippen molar-refractivity contribution in [3.8, 4) is 5.75 Å². The molecule has 110 valence electrons. The van der Waals surface area contributed by atoms with E-state index >= 15 is 0 Å². The number of ether oxygens (including phenoxy) is 1. The van der Waals surface area contributed by atoms with Crippen LogP contribution in [0, 0.1) is 6.92 Å². The van der Waals surface area contributed by atoms with Gasteiger partial charge >= 0.3 is 0 Å². The maximum absolute atomic E-state index is 12.1. The molecule has 0 aromatic heterocycles. The number of amides is 1. The van der Waals surface area contributed by atoms with Gasteiger partial charge in [0, 0.05) is 13.6 Å². The Bertz CT molecular complexity index is 464. The molecule has 0 bridgehead atoms. The second-order valence-corrected chi connectivity index (χ2v) is 5.22. The van der Waals surface area contributed by atoms with E-state index in [4.69, 9.17) is 4.74 Å². The number of aliphatic hydroxyl groups is 1. The molecule has 0 spiro atoms. The number of nitrogens with zero attached hydrogens (tertiary/aromatic N) is 1. The lowest BCUT2D eigenvalue weighted by atomic mass is 10.2. The molecule has 1 aliphatic heterocycles. The average molecular weight is 278 g/mol. The van der Waals surface area contributed by atoms with E-state index in [2.05, 4.69) is 5.32 Å². The van der Waals surface area contributed by atoms with Crippen LogP contribution in [0.5, 0.6) is 5.75 Å². The van der Waals surface area contributed by atoms with Crippen LogP contribution in [0.15, 0.2) is 24.3 Å². The van der Waals surface area contributed by atoms with Crippen molar-refractivity contribution >= 4 is 5.91 Å². The van der Waals surface area contributed by atoms with Gasteiger partial charge in [-0.05, 0) is 25.0 Å². The first-order chi connectivity index (χ1) is 9.58. The number of aryl methyl sites for hydroxylation is 1. The first-order valence-corrected chi connectivity index (χ1v) is 6.93. The molecule has 1 saturated heterocycles. The molecule has 1 aromatic carbocycles. The van der Waals surface area contributed by atoms with E-state index in [0.717, 1.165) is 11.3 Å². The van der Waals surface area contributed by atoms with Crippen LogP contribution in [-0.4, -0.2) is 54.8 Å². The Hall–Kier alpha value is -1.59. The minimum atomic E-state index is -0.416. The summed E-state index contributed by atoms with van der Waals surface area (Å²) in [4.78, 5) is 13.7. The van der Waals surface area contributed by atoms with Crippen LogP contribution < -0.4 is 10.1 Å². The number of carbonyl (C=O) groups excluding carboxylic acids is 1. The Morgan fingerprint density at radius 1 is 1.50 bits per heavy atom. The normalized spacial score (nSPS) is 21.8. The molecule has 1 amide bonds. The van der Waals surface area contributed by atoms with Crippen LogP contribution in [0.25, 0.3) is 0 Å². The lowest BCUT2D eigenvalue weighted by Gasteiger charge is -2.21. The van der Waals surface area contributed by atoms with Gasteiger partial charge in [0.1, 0.15) is 12.4 Å². The van der Waals surface area contributed by atoms with E-state index in [9.17, 15) is 9.90 Å². The van der Waals surface area contributed by atoms with Crippen molar-refractivity contribution in [2.24, 2.45) is 0 Å². The fourth-order valence-electron chi connectivity index (χ4n) is 2.29. The summed E-state index contributed by atoms with van der Waals surface area (Å²) >= 11 is 0. The molecule has 1 fully saturated rings. The minimum absolute atomic E-state index is 0.00920. The number of rotatable bonds is 5. The zero-order valence-corrected chi connectivity index (χ0v) is 12.0. The van der Waals surface area contributed by atoms with Gasteiger partial charge in [-0.3, -0.25) is 4.79 Å². The van der Waals surface area contributed by atoms with E-state index in [1.165, 1.54) is 0 Å². The zero-order chi connectivity index (χ0) is 14.5. The molecular weight excluding hydrogens is 256 g/mol. The molecule has 0 aliphatic carbocycles. The van der Waals surface area contributed by atoms with Gasteiger partial charge in [-0.15, -0.1) is 0 Å². The molecule has 5 nitrogen and oxygen atoms in total. The van der Waals surface area contributed by atoms with E-state index in [1.807, 2.05) is 31.2 Å². The highest BCUT2D eigenvalue weighted by Crippen LogP contribution is 2.16. The summed E-state index contributed by atoms with van der Waals surface area (Å²) in [5.41, 5.74) is 1.09. The second kappa shape index (κ2) is 6.72. The van der Waals surface area contributed by atoms with Crippen LogP contribution in [0.3, 0.4) is 0 Å². The van der Waals surface area contributed by atoms with Gasteiger partial charge in [0.2, 0.25) is 5.91 Å². The van der Waals surface area contributed by atoms with E-state index in [1.54, 1.807) is 11.9 Å². The van der Waals surface area contributed by atoms with Gasteiger partial charge in [-0.25, -0.2) is 0 Å². The van der Waals surface area contributed by atoms with Gasteiger partial charge < -0.3 is 20.1 Å². The quantitative estimate of drug-likeness (QED) is 0.826. The van der Waals surface area contributed by atoms with Gasteiger partial charge in [-0.2, -0.15) is 0 Å². The Kier molecular flexibility index (Phi) is 4.98. The van der Waals surface area contributed by atoms with Crippen molar-refractivity contribution in [3.05, 3.63) is 29.8 Å². The molecule has 1 aliphatic rings. The monoisotopic (exact) mass is 278 g/mol. The van der Waals surface area contributed by atoms with Crippen molar-refractivity contribution < 1.29 is 14.6 Å². The molecule has 2 rings (SSSR count). The van der Waals surface area contributed by atoms with Crippen molar-refractivity contribution in [2.45, 2.75) is 25.5 Å². The third-order valence-electron chi connectivity index (χ3n) is 3.56. The number of likely N-dealkylation sites (N-methyl/N-ethyl adjacent to an activating group) is 1. The fourth-order valence-corrected chi connectivity index (χ4v) is 2.29. The highest BCUT2D eigenvalue weighted by molar-refractivity contribution is 5.82. The highest BCUT2D eigenvalue weighted by Gasteiger charge is 2.29. The van der Waals surface area contributed by atoms with E-state index in [0.29, 0.717) is 26.1 Å². The first-order valence-electron chi connectivity index (χ1n) is 6.93. The molecule has 0 saturated carbocycles. The van der Waals surface area contributed by atoms with Crippen molar-refractivity contribution in [1.82, 2.24) is 10.2 Å². The average Bonchev–Trinajstić information content (AvgIpc) is 2.86. The van der Waals surface area contributed by atoms with Crippen LogP contribution >= 0.6 is 0 Å². The molecule has 5 heteroatoms. The number of nitrogens with one attached hydrogen (secondary N) is 1. The van der Waals surface area contributed by atoms with Gasteiger partial charge in [0.25, 0.3) is 0 Å². The Balaban J connectivity index is 1.76. The molecular formula is C15H22N2O3. The second-order valence-electron chi connectivity index (χ2n) is 5.22. The molecule has 2 atom stereocenters. The third kappa shape index (κ3) is 3.71. The Morgan fingerprint density at radius 2 is 2.25 bits per heavy atom. The zero-order valence-electron chi connectivity index (χ0n) is 12.0. The minimum Gasteiger partial charge on any atom is -0.491 e. The number of hydrogen-bond donors (Lipinski definition) is 2. The van der Waals surface area contributed by atoms with Gasteiger partial charge in [0.05, 0.1) is 18.7 Å². The molecule has 1 aromatic rings. The number of β-amino-alcohol motifs (C(OH)–C–C–N with tert-alkyl or cyclic N) is 1. The number of aliphatic hydroxyl groups excluding tert-OH is 1. The van der Waals surface area contributed by atoms with E-state index < -0.39 is 6.10 Å². The number of benzene rings is 1. The summed E-state index contributed by atoms with van der Waals surface area (Å²) in [7, 11) is 1.76. The molecule has 1 heterocycles. The lowest BCUT2D eigenvalue weighted by Crippen LogP contribution is -2.43. The summed E-state index contributed by atoms with van der Waals surface area (Å²) in [6, 6.07) is 7.55. The van der Waals surface area contributed by atoms with Crippen LogP contribution in [0.1, 0.15) is 12.0 Å². The summed E-state index contributed by atoms with van der Waals surface area (Å²) in [5, 5.41) is 12.4. The summed E-state index contributed by atoms with van der Waals surface area (Å²) in [6.45, 7) is 3.47. The van der Waals surface area contributed by atoms with Crippen LogP contribution in [0.2, 0.25) is 0 Å². The van der Waals surface area contributed by atoms with Gasteiger partial charge in [-0.1, -0.05) is 18.2 Å². The summed E-state index contributed by atoms with van der Waals surface area (Å²) in [6.07, 6.45) is 0.0718. The standard InChI is InChI=1S/C15H22N2O3/c1-11-5-3-4-6-14(11)20-8-7-17(2)15(19)13-9-12(18)10-16-13/h3-6,12-13,16,18H,7-10H2,1-2H3/t12-,13-/m0/s1. The Morgan fingerprint density at radius 3 is 2.90 bits per heavy atom. The fraction of sp³-hybridized carbons (Fsp3) is 0.533. The van der Waals surface area contributed by atoms with Gasteiger partial charge in [0.15, 0.2) is 0 Å². The Labute approximate surface area is 119 Å². The summed E-state index contributed by atoms with van der Waals surface area (Å²) in [5.74, 6) is 0.859. The smallest absolute Gasteiger partial charge is 0.239 e. The molecule has 0 unspecified atom stereocenters. The third-order valence-corrected chi connectivity index (χ3v) is 3.56. The molecule has 0 radical (unpaired) electrons. The van der Waals surface area contributed by atoms with Crippen molar-refractivity contribution in [1.29, 1.82) is 0 Å². The molecule has 2 N–H and O–H groups in total. The maximum atomic E-state index is 12.1. The van der Waals surface area contributed by atoms with Crippen LogP contribution in [-0.2, 0) is 4.79 Å². The predicted molar refractivity (Wildman–Crippen MR) is 76.7 cm³/mol. The van der Waals surface area contributed by atoms with E-state index in [-0.39, 0.29) is 11.9 Å². The molecule has 20 heavy (non-hydrogen) atoms. The maximum Gasteiger partial charge on any atom is 0.239 e. The predicted octanol–water partition coefficient (Wildman–Crippen LogP) is 0.555. The lowest BCUT2D eigenvalue weighted by molar-refractivity contribution is -0.132. The number of hydrogen-bond acceptors (Lipinski definition) is 4. The largest absolute Gasteiger partial charge is 0.491 e. The van der Waals surface area contributed by atoms with Crippen molar-refractivity contribution in [2.75, 3.05) is 26.7 Å². The number of carbonyl (C=O) groups is 1. The summed E-state index contributed by atoms with van der Waals surface area (Å²) < 4.78 is 5.68. The highest BCUT2D eigenvalue weighted by atomic mass is 16.5. The number of para-hydroxylation sites is 1.